The first-order chi connectivity index (χ1) is 9.17. The van der Waals surface area contributed by atoms with Gasteiger partial charge in [0, 0.05) is 6.08 Å². The number of carbonyl (C=O) groups is 2. The topological polar surface area (TPSA) is 52.6 Å². The third-order valence-corrected chi connectivity index (χ3v) is 2.36. The highest BCUT2D eigenvalue weighted by atomic mass is 16.5. The van der Waals surface area contributed by atoms with E-state index < -0.39 is 5.97 Å². The average molecular weight is 262 g/mol. The van der Waals surface area contributed by atoms with E-state index in [0.717, 1.165) is 5.56 Å². The minimum atomic E-state index is -0.453. The van der Waals surface area contributed by atoms with Crippen molar-refractivity contribution in [3.63, 3.8) is 0 Å². The van der Waals surface area contributed by atoms with E-state index in [1.165, 1.54) is 6.08 Å². The molecular formula is C15H18O4. The van der Waals surface area contributed by atoms with Gasteiger partial charge in [0.05, 0.1) is 19.6 Å². The summed E-state index contributed by atoms with van der Waals surface area (Å²) in [6.07, 6.45) is 1.40. The van der Waals surface area contributed by atoms with Crippen molar-refractivity contribution in [2.24, 2.45) is 0 Å². The highest BCUT2D eigenvalue weighted by Crippen LogP contribution is 2.18. The average Bonchev–Trinajstić information content (AvgIpc) is 2.39. The third kappa shape index (κ3) is 5.38. The standard InChI is InChI=1S/C15H18O4/c1-3-18-14(16)10-13(11-15(17)19-4-2)12-8-6-5-7-9-12/h5-10H,3-4,11H2,1-2H3. The van der Waals surface area contributed by atoms with Crippen molar-refractivity contribution in [3.05, 3.63) is 42.0 Å². The van der Waals surface area contributed by atoms with Crippen molar-refractivity contribution >= 4 is 17.5 Å². The van der Waals surface area contributed by atoms with Crippen LogP contribution in [-0.2, 0) is 19.1 Å². The lowest BCUT2D eigenvalue weighted by Gasteiger charge is -2.07. The van der Waals surface area contributed by atoms with E-state index in [2.05, 4.69) is 0 Å². The molecule has 0 aliphatic rings. The molecule has 1 aromatic rings. The van der Waals surface area contributed by atoms with Crippen molar-refractivity contribution < 1.29 is 19.1 Å². The maximum atomic E-state index is 11.6. The van der Waals surface area contributed by atoms with Gasteiger partial charge >= 0.3 is 11.9 Å². The molecule has 0 saturated heterocycles. The summed E-state index contributed by atoms with van der Waals surface area (Å²) in [5, 5.41) is 0. The van der Waals surface area contributed by atoms with Crippen LogP contribution >= 0.6 is 0 Å². The highest BCUT2D eigenvalue weighted by Gasteiger charge is 2.11. The normalized spacial score (nSPS) is 10.9. The van der Waals surface area contributed by atoms with Crippen LogP contribution in [0.25, 0.3) is 5.57 Å². The maximum Gasteiger partial charge on any atom is 0.331 e. The van der Waals surface area contributed by atoms with Crippen molar-refractivity contribution in [2.45, 2.75) is 20.3 Å². The Balaban J connectivity index is 2.91. The van der Waals surface area contributed by atoms with Crippen molar-refractivity contribution in [3.8, 4) is 0 Å². The van der Waals surface area contributed by atoms with Gasteiger partial charge in [0.25, 0.3) is 0 Å². The van der Waals surface area contributed by atoms with E-state index in [1.54, 1.807) is 13.8 Å². The summed E-state index contributed by atoms with van der Waals surface area (Å²) >= 11 is 0. The van der Waals surface area contributed by atoms with Crippen LogP contribution in [0.1, 0.15) is 25.8 Å². The van der Waals surface area contributed by atoms with E-state index in [1.807, 2.05) is 30.3 Å². The Labute approximate surface area is 113 Å². The quantitative estimate of drug-likeness (QED) is 0.584. The first-order valence-electron chi connectivity index (χ1n) is 6.25. The van der Waals surface area contributed by atoms with E-state index in [-0.39, 0.29) is 12.4 Å². The second kappa shape index (κ2) is 8.08. The molecule has 0 radical (unpaired) electrons. The number of benzene rings is 1. The molecule has 4 nitrogen and oxygen atoms in total. The second-order valence-corrected chi connectivity index (χ2v) is 3.77. The van der Waals surface area contributed by atoms with Crippen LogP contribution in [0.3, 0.4) is 0 Å². The monoisotopic (exact) mass is 262 g/mol. The zero-order valence-corrected chi connectivity index (χ0v) is 11.2. The molecule has 0 amide bonds. The Morgan fingerprint density at radius 2 is 1.68 bits per heavy atom. The zero-order chi connectivity index (χ0) is 14.1. The van der Waals surface area contributed by atoms with Crippen LogP contribution in [0.2, 0.25) is 0 Å². The third-order valence-electron chi connectivity index (χ3n) is 2.36. The van der Waals surface area contributed by atoms with Gasteiger partial charge in [-0.1, -0.05) is 30.3 Å². The summed E-state index contributed by atoms with van der Waals surface area (Å²) in [5.41, 5.74) is 1.40. The first kappa shape index (κ1) is 15.0. The molecule has 0 bridgehead atoms. The lowest BCUT2D eigenvalue weighted by molar-refractivity contribution is -0.141. The Morgan fingerprint density at radius 1 is 1.05 bits per heavy atom. The Morgan fingerprint density at radius 3 is 2.26 bits per heavy atom. The Bertz CT molecular complexity index is 448. The fourth-order valence-electron chi connectivity index (χ4n) is 1.58. The largest absolute Gasteiger partial charge is 0.466 e. The van der Waals surface area contributed by atoms with Crippen LogP contribution in [0, 0.1) is 0 Å². The number of ether oxygens (including phenoxy) is 2. The fraction of sp³-hybridized carbons (Fsp3) is 0.333. The van der Waals surface area contributed by atoms with Crippen LogP contribution < -0.4 is 0 Å². The van der Waals surface area contributed by atoms with Gasteiger partial charge in [-0.15, -0.1) is 0 Å². The lowest BCUT2D eigenvalue weighted by atomic mass is 10.0. The molecule has 0 atom stereocenters. The molecule has 0 spiro atoms. The summed E-state index contributed by atoms with van der Waals surface area (Å²) in [5.74, 6) is -0.812. The van der Waals surface area contributed by atoms with Gasteiger partial charge < -0.3 is 9.47 Å². The van der Waals surface area contributed by atoms with Gasteiger partial charge in [-0.2, -0.15) is 0 Å². The molecule has 0 saturated carbocycles. The van der Waals surface area contributed by atoms with E-state index in [0.29, 0.717) is 18.8 Å². The minimum Gasteiger partial charge on any atom is -0.466 e. The summed E-state index contributed by atoms with van der Waals surface area (Å²) in [4.78, 5) is 23.1. The number of rotatable bonds is 6. The smallest absolute Gasteiger partial charge is 0.331 e. The zero-order valence-electron chi connectivity index (χ0n) is 11.2. The van der Waals surface area contributed by atoms with Crippen molar-refractivity contribution in [2.75, 3.05) is 13.2 Å². The Hall–Kier alpha value is -2.10. The molecule has 1 aromatic carbocycles. The number of hydrogen-bond donors (Lipinski definition) is 0. The van der Waals surface area contributed by atoms with Crippen molar-refractivity contribution in [1.29, 1.82) is 0 Å². The maximum absolute atomic E-state index is 11.6. The molecule has 0 fully saturated rings. The molecule has 4 heteroatoms. The highest BCUT2D eigenvalue weighted by molar-refractivity contribution is 5.96. The van der Waals surface area contributed by atoms with Crippen LogP contribution in [-0.4, -0.2) is 25.2 Å². The van der Waals surface area contributed by atoms with Gasteiger partial charge in [0.2, 0.25) is 0 Å². The summed E-state index contributed by atoms with van der Waals surface area (Å²) < 4.78 is 9.77. The van der Waals surface area contributed by atoms with E-state index in [4.69, 9.17) is 9.47 Å². The molecule has 1 rings (SSSR count). The summed E-state index contributed by atoms with van der Waals surface area (Å²) in [6.45, 7) is 4.10. The molecule has 0 unspecified atom stereocenters. The molecular weight excluding hydrogens is 244 g/mol. The summed E-state index contributed by atoms with van der Waals surface area (Å²) in [6, 6.07) is 9.24. The molecule has 0 aromatic heterocycles. The fourth-order valence-corrected chi connectivity index (χ4v) is 1.58. The van der Waals surface area contributed by atoms with Gasteiger partial charge in [-0.3, -0.25) is 4.79 Å². The molecule has 0 aliphatic heterocycles. The molecule has 0 heterocycles. The Kier molecular flexibility index (Phi) is 6.36. The molecule has 19 heavy (non-hydrogen) atoms. The van der Waals surface area contributed by atoms with Gasteiger partial charge in [0.1, 0.15) is 0 Å². The summed E-state index contributed by atoms with van der Waals surface area (Å²) in [7, 11) is 0. The number of carbonyl (C=O) groups excluding carboxylic acids is 2. The van der Waals surface area contributed by atoms with Crippen molar-refractivity contribution in [1.82, 2.24) is 0 Å². The molecule has 102 valence electrons. The number of hydrogen-bond acceptors (Lipinski definition) is 4. The molecule has 0 aliphatic carbocycles. The predicted molar refractivity (Wildman–Crippen MR) is 72.3 cm³/mol. The minimum absolute atomic E-state index is 0.0522. The first-order valence-corrected chi connectivity index (χ1v) is 6.25. The van der Waals surface area contributed by atoms with E-state index in [9.17, 15) is 9.59 Å². The van der Waals surface area contributed by atoms with Gasteiger partial charge in [0.15, 0.2) is 0 Å². The molecule has 0 N–H and O–H groups in total. The van der Waals surface area contributed by atoms with Gasteiger partial charge in [-0.05, 0) is 25.0 Å². The van der Waals surface area contributed by atoms with E-state index >= 15 is 0 Å². The lowest BCUT2D eigenvalue weighted by Crippen LogP contribution is -2.07. The predicted octanol–water partition coefficient (Wildman–Crippen LogP) is 2.59. The van der Waals surface area contributed by atoms with Crippen LogP contribution in [0.15, 0.2) is 36.4 Å². The van der Waals surface area contributed by atoms with Crippen LogP contribution in [0.4, 0.5) is 0 Å². The van der Waals surface area contributed by atoms with Gasteiger partial charge in [-0.25, -0.2) is 4.79 Å². The SMILES string of the molecule is CCOC(=O)C=C(CC(=O)OCC)c1ccccc1. The number of esters is 2. The second-order valence-electron chi connectivity index (χ2n) is 3.77. The van der Waals surface area contributed by atoms with Crippen LogP contribution in [0.5, 0.6) is 0 Å².